The number of aromatic nitrogens is 2. The summed E-state index contributed by atoms with van der Waals surface area (Å²) in [6.07, 6.45) is 0. The lowest BCUT2D eigenvalue weighted by atomic mass is 10.1. The molecule has 6 nitrogen and oxygen atoms in total. The highest BCUT2D eigenvalue weighted by Crippen LogP contribution is 2.23. The molecule has 21 heavy (non-hydrogen) atoms. The van der Waals surface area contributed by atoms with Gasteiger partial charge in [-0.2, -0.15) is 5.26 Å². The fourth-order valence-corrected chi connectivity index (χ4v) is 1.83. The van der Waals surface area contributed by atoms with Gasteiger partial charge in [0.1, 0.15) is 17.5 Å². The molecule has 0 unspecified atom stereocenters. The quantitative estimate of drug-likeness (QED) is 0.589. The van der Waals surface area contributed by atoms with E-state index in [-0.39, 0.29) is 5.92 Å². The molecular weight excluding hydrogens is 264 g/mol. The van der Waals surface area contributed by atoms with Crippen molar-refractivity contribution in [3.63, 3.8) is 0 Å². The van der Waals surface area contributed by atoms with E-state index in [2.05, 4.69) is 26.8 Å². The molecule has 108 valence electrons. The van der Waals surface area contributed by atoms with E-state index in [1.807, 2.05) is 26.8 Å². The fraction of sp³-hybridized carbons (Fsp3) is 0.267. The first-order valence-corrected chi connectivity index (χ1v) is 6.67. The minimum absolute atomic E-state index is 0.186. The SMILES string of the molecule is Cc1ccc(C#N)cc1Nc1cc(NN)nc(C(C)C)n1. The molecule has 0 aliphatic heterocycles. The maximum atomic E-state index is 8.99. The molecular formula is C15H18N6. The molecule has 0 aliphatic carbocycles. The average molecular weight is 282 g/mol. The summed E-state index contributed by atoms with van der Waals surface area (Å²) in [6, 6.07) is 9.33. The number of nitrogens with two attached hydrogens (primary N) is 1. The van der Waals surface area contributed by atoms with Crippen LogP contribution in [0.1, 0.15) is 36.7 Å². The highest BCUT2D eigenvalue weighted by molar-refractivity contribution is 5.64. The van der Waals surface area contributed by atoms with E-state index in [0.29, 0.717) is 23.0 Å². The van der Waals surface area contributed by atoms with Crippen LogP contribution >= 0.6 is 0 Å². The van der Waals surface area contributed by atoms with Gasteiger partial charge in [-0.25, -0.2) is 15.8 Å². The van der Waals surface area contributed by atoms with Crippen LogP contribution in [-0.4, -0.2) is 9.97 Å². The van der Waals surface area contributed by atoms with Gasteiger partial charge in [-0.15, -0.1) is 0 Å². The predicted octanol–water partition coefficient (Wildman–Crippen LogP) is 2.81. The molecule has 0 saturated heterocycles. The fourth-order valence-electron chi connectivity index (χ4n) is 1.83. The van der Waals surface area contributed by atoms with Crippen LogP contribution in [0.5, 0.6) is 0 Å². The maximum Gasteiger partial charge on any atom is 0.145 e. The summed E-state index contributed by atoms with van der Waals surface area (Å²) in [5.74, 6) is 7.51. The number of nitrogens with one attached hydrogen (secondary N) is 2. The number of benzene rings is 1. The summed E-state index contributed by atoms with van der Waals surface area (Å²) < 4.78 is 0. The zero-order valence-electron chi connectivity index (χ0n) is 12.3. The molecule has 0 radical (unpaired) electrons. The van der Waals surface area contributed by atoms with Crippen molar-refractivity contribution in [1.82, 2.24) is 9.97 Å². The number of hydrogen-bond acceptors (Lipinski definition) is 6. The second-order valence-corrected chi connectivity index (χ2v) is 5.06. The second kappa shape index (κ2) is 6.20. The van der Waals surface area contributed by atoms with Crippen LogP contribution < -0.4 is 16.6 Å². The number of hydrazine groups is 1. The Morgan fingerprint density at radius 1 is 1.19 bits per heavy atom. The highest BCUT2D eigenvalue weighted by atomic mass is 15.3. The zero-order chi connectivity index (χ0) is 15.4. The van der Waals surface area contributed by atoms with Crippen molar-refractivity contribution in [3.05, 3.63) is 41.2 Å². The molecule has 0 saturated carbocycles. The first kappa shape index (κ1) is 14.8. The van der Waals surface area contributed by atoms with Crippen molar-refractivity contribution >= 4 is 17.3 Å². The third kappa shape index (κ3) is 3.46. The van der Waals surface area contributed by atoms with Crippen LogP contribution in [0, 0.1) is 18.3 Å². The Kier molecular flexibility index (Phi) is 4.36. The number of nitrogens with zero attached hydrogens (tertiary/aromatic N) is 3. The van der Waals surface area contributed by atoms with Crippen LogP contribution in [0.2, 0.25) is 0 Å². The first-order valence-electron chi connectivity index (χ1n) is 6.67. The van der Waals surface area contributed by atoms with Gasteiger partial charge in [-0.1, -0.05) is 19.9 Å². The number of nitriles is 1. The summed E-state index contributed by atoms with van der Waals surface area (Å²) in [7, 11) is 0. The normalized spacial score (nSPS) is 10.3. The average Bonchev–Trinajstić information content (AvgIpc) is 2.49. The van der Waals surface area contributed by atoms with Gasteiger partial charge in [-0.3, -0.25) is 0 Å². The molecule has 1 aromatic carbocycles. The molecule has 2 rings (SSSR count). The Morgan fingerprint density at radius 2 is 1.90 bits per heavy atom. The van der Waals surface area contributed by atoms with E-state index in [4.69, 9.17) is 11.1 Å². The van der Waals surface area contributed by atoms with Gasteiger partial charge in [0.2, 0.25) is 0 Å². The maximum absolute atomic E-state index is 8.99. The molecule has 0 atom stereocenters. The van der Waals surface area contributed by atoms with Crippen molar-refractivity contribution in [2.75, 3.05) is 10.7 Å². The number of aryl methyl sites for hydroxylation is 1. The molecule has 1 aromatic heterocycles. The Morgan fingerprint density at radius 3 is 2.52 bits per heavy atom. The summed E-state index contributed by atoms with van der Waals surface area (Å²) >= 11 is 0. The molecule has 0 aliphatic rings. The summed E-state index contributed by atoms with van der Waals surface area (Å²) in [5, 5.41) is 12.2. The third-order valence-corrected chi connectivity index (χ3v) is 3.04. The van der Waals surface area contributed by atoms with Crippen molar-refractivity contribution in [2.24, 2.45) is 5.84 Å². The summed E-state index contributed by atoms with van der Waals surface area (Å²) in [6.45, 7) is 6.00. The monoisotopic (exact) mass is 282 g/mol. The Bertz CT molecular complexity index is 687. The smallest absolute Gasteiger partial charge is 0.145 e. The van der Waals surface area contributed by atoms with E-state index in [1.165, 1.54) is 0 Å². The zero-order valence-corrected chi connectivity index (χ0v) is 12.3. The molecule has 6 heteroatoms. The van der Waals surface area contributed by atoms with E-state index < -0.39 is 0 Å². The van der Waals surface area contributed by atoms with Gasteiger partial charge in [-0.05, 0) is 24.6 Å². The van der Waals surface area contributed by atoms with Crippen LogP contribution in [0.15, 0.2) is 24.3 Å². The molecule has 4 N–H and O–H groups in total. The second-order valence-electron chi connectivity index (χ2n) is 5.06. The molecule has 0 fully saturated rings. The molecule has 0 spiro atoms. The third-order valence-electron chi connectivity index (χ3n) is 3.04. The Balaban J connectivity index is 2.39. The van der Waals surface area contributed by atoms with Gasteiger partial charge in [0, 0.05) is 17.7 Å². The van der Waals surface area contributed by atoms with Crippen LogP contribution in [0.4, 0.5) is 17.3 Å². The Labute approximate surface area is 124 Å². The van der Waals surface area contributed by atoms with Gasteiger partial charge >= 0.3 is 0 Å². The molecule has 1 heterocycles. The molecule has 2 aromatic rings. The van der Waals surface area contributed by atoms with E-state index in [1.54, 1.807) is 18.2 Å². The number of hydrogen-bond donors (Lipinski definition) is 3. The van der Waals surface area contributed by atoms with Crippen molar-refractivity contribution < 1.29 is 0 Å². The van der Waals surface area contributed by atoms with Crippen LogP contribution in [0.25, 0.3) is 0 Å². The standard InChI is InChI=1S/C15H18N6/c1-9(2)15-19-13(7-14(20-15)21-17)18-12-6-11(8-16)5-4-10(12)3/h4-7,9H,17H2,1-3H3,(H2,18,19,20,21). The number of anilines is 3. The van der Waals surface area contributed by atoms with Crippen LogP contribution in [0.3, 0.4) is 0 Å². The van der Waals surface area contributed by atoms with Gasteiger partial charge < -0.3 is 10.7 Å². The van der Waals surface area contributed by atoms with Gasteiger partial charge in [0.25, 0.3) is 0 Å². The lowest BCUT2D eigenvalue weighted by Gasteiger charge is -2.13. The minimum Gasteiger partial charge on any atom is -0.340 e. The van der Waals surface area contributed by atoms with Crippen molar-refractivity contribution in [1.29, 1.82) is 5.26 Å². The van der Waals surface area contributed by atoms with Crippen molar-refractivity contribution in [2.45, 2.75) is 26.7 Å². The number of rotatable bonds is 4. The predicted molar refractivity (Wildman–Crippen MR) is 83.1 cm³/mol. The van der Waals surface area contributed by atoms with E-state index >= 15 is 0 Å². The van der Waals surface area contributed by atoms with E-state index in [0.717, 1.165) is 11.3 Å². The summed E-state index contributed by atoms with van der Waals surface area (Å²) in [4.78, 5) is 8.78. The summed E-state index contributed by atoms with van der Waals surface area (Å²) in [5.41, 5.74) is 5.00. The van der Waals surface area contributed by atoms with Gasteiger partial charge in [0.15, 0.2) is 0 Å². The minimum atomic E-state index is 0.186. The lowest BCUT2D eigenvalue weighted by molar-refractivity contribution is 0.777. The topological polar surface area (TPSA) is 99.7 Å². The molecule has 0 amide bonds. The lowest BCUT2D eigenvalue weighted by Crippen LogP contribution is -2.12. The highest BCUT2D eigenvalue weighted by Gasteiger charge is 2.09. The number of nitrogen functional groups attached to an aromatic ring is 1. The van der Waals surface area contributed by atoms with E-state index in [9.17, 15) is 0 Å². The molecule has 0 bridgehead atoms. The van der Waals surface area contributed by atoms with Crippen LogP contribution in [-0.2, 0) is 0 Å². The largest absolute Gasteiger partial charge is 0.340 e. The first-order chi connectivity index (χ1) is 10.0. The van der Waals surface area contributed by atoms with Crippen molar-refractivity contribution in [3.8, 4) is 6.07 Å². The van der Waals surface area contributed by atoms with Gasteiger partial charge in [0.05, 0.1) is 11.6 Å². The Hall–Kier alpha value is -2.65.